The fourth-order valence-corrected chi connectivity index (χ4v) is 5.70. The van der Waals surface area contributed by atoms with Crippen molar-refractivity contribution in [1.82, 2.24) is 4.57 Å². The molecule has 1 N–H and O–H groups in total. The average Bonchev–Trinajstić information content (AvgIpc) is 3.11. The molecule has 0 bridgehead atoms. The highest BCUT2D eigenvalue weighted by molar-refractivity contribution is 7.17. The van der Waals surface area contributed by atoms with Crippen LogP contribution in [0.5, 0.6) is 0 Å². The van der Waals surface area contributed by atoms with E-state index in [2.05, 4.69) is 18.3 Å². The molecule has 2 aromatic heterocycles. The Labute approximate surface area is 158 Å². The molecule has 0 saturated carbocycles. The Balaban J connectivity index is 1.60. The van der Waals surface area contributed by atoms with Crippen molar-refractivity contribution in [3.8, 4) is 6.07 Å². The Hall–Kier alpha value is -2.43. The third-order valence-corrected chi connectivity index (χ3v) is 6.88. The summed E-state index contributed by atoms with van der Waals surface area (Å²) < 4.78 is 2.35. The van der Waals surface area contributed by atoms with Crippen LogP contribution in [0.2, 0.25) is 0 Å². The van der Waals surface area contributed by atoms with Crippen LogP contribution in [0.4, 0.5) is 5.00 Å². The Morgan fingerprint density at radius 1 is 1.38 bits per heavy atom. The molecular formula is C19H17N3O2S2. The molecule has 0 fully saturated rings. The van der Waals surface area contributed by atoms with Gasteiger partial charge in [-0.1, -0.05) is 30.4 Å². The number of hydrogen-bond acceptors (Lipinski definition) is 5. The molecule has 1 aliphatic rings. The van der Waals surface area contributed by atoms with Gasteiger partial charge in [-0.15, -0.1) is 11.3 Å². The quantitative estimate of drug-likeness (QED) is 0.748. The first-order valence-electron chi connectivity index (χ1n) is 8.49. The van der Waals surface area contributed by atoms with Gasteiger partial charge in [-0.25, -0.2) is 0 Å². The van der Waals surface area contributed by atoms with Crippen molar-refractivity contribution < 1.29 is 4.79 Å². The third-order valence-electron chi connectivity index (χ3n) is 4.75. The number of para-hydroxylation sites is 1. The average molecular weight is 383 g/mol. The van der Waals surface area contributed by atoms with E-state index < -0.39 is 0 Å². The molecule has 0 radical (unpaired) electrons. The van der Waals surface area contributed by atoms with Gasteiger partial charge in [0.1, 0.15) is 17.6 Å². The fraction of sp³-hybridized carbons (Fsp3) is 0.316. The second-order valence-electron chi connectivity index (χ2n) is 6.64. The maximum Gasteiger partial charge on any atom is 0.308 e. The van der Waals surface area contributed by atoms with Crippen molar-refractivity contribution in [2.24, 2.45) is 5.92 Å². The van der Waals surface area contributed by atoms with Gasteiger partial charge in [0.15, 0.2) is 0 Å². The lowest BCUT2D eigenvalue weighted by Gasteiger charge is -2.17. The molecule has 2 heterocycles. The van der Waals surface area contributed by atoms with E-state index in [4.69, 9.17) is 0 Å². The minimum Gasteiger partial charge on any atom is -0.315 e. The SMILES string of the molecule is C[C@@H]1CCc2c(sc(NC(=O)Cn3c(=O)sc4ccccc43)c2C#N)C1. The second kappa shape index (κ2) is 6.71. The number of nitriles is 1. The van der Waals surface area contributed by atoms with Crippen molar-refractivity contribution in [3.63, 3.8) is 0 Å². The predicted molar refractivity (Wildman–Crippen MR) is 105 cm³/mol. The van der Waals surface area contributed by atoms with Gasteiger partial charge in [0, 0.05) is 4.88 Å². The summed E-state index contributed by atoms with van der Waals surface area (Å²) in [5.41, 5.74) is 2.44. The zero-order chi connectivity index (χ0) is 18.3. The number of aromatic nitrogens is 1. The van der Waals surface area contributed by atoms with Gasteiger partial charge in [0.2, 0.25) is 5.91 Å². The van der Waals surface area contributed by atoms with E-state index in [1.807, 2.05) is 24.3 Å². The molecule has 132 valence electrons. The monoisotopic (exact) mass is 383 g/mol. The maximum atomic E-state index is 12.6. The minimum absolute atomic E-state index is 0.0489. The van der Waals surface area contributed by atoms with Crippen LogP contribution < -0.4 is 10.2 Å². The van der Waals surface area contributed by atoms with Crippen LogP contribution in [0.25, 0.3) is 10.2 Å². The van der Waals surface area contributed by atoms with E-state index in [0.29, 0.717) is 16.5 Å². The summed E-state index contributed by atoms with van der Waals surface area (Å²) in [6, 6.07) is 9.69. The molecule has 26 heavy (non-hydrogen) atoms. The van der Waals surface area contributed by atoms with Gasteiger partial charge >= 0.3 is 4.87 Å². The molecule has 7 heteroatoms. The van der Waals surface area contributed by atoms with E-state index >= 15 is 0 Å². The summed E-state index contributed by atoms with van der Waals surface area (Å²) in [5.74, 6) is 0.325. The lowest BCUT2D eigenvalue weighted by Crippen LogP contribution is -2.24. The molecule has 5 nitrogen and oxygen atoms in total. The number of thiophene rings is 1. The highest BCUT2D eigenvalue weighted by Crippen LogP contribution is 2.39. The zero-order valence-corrected chi connectivity index (χ0v) is 15.9. The number of amides is 1. The summed E-state index contributed by atoms with van der Waals surface area (Å²) in [6.07, 6.45) is 2.92. The molecule has 1 atom stereocenters. The van der Waals surface area contributed by atoms with Crippen molar-refractivity contribution in [3.05, 3.63) is 49.9 Å². The van der Waals surface area contributed by atoms with Crippen molar-refractivity contribution in [2.75, 3.05) is 5.32 Å². The predicted octanol–water partition coefficient (Wildman–Crippen LogP) is 3.76. The Morgan fingerprint density at radius 2 is 2.19 bits per heavy atom. The number of hydrogen-bond donors (Lipinski definition) is 1. The topological polar surface area (TPSA) is 74.9 Å². The van der Waals surface area contributed by atoms with Crippen LogP contribution in [0.15, 0.2) is 29.1 Å². The maximum absolute atomic E-state index is 12.6. The number of benzene rings is 1. The van der Waals surface area contributed by atoms with E-state index in [1.54, 1.807) is 0 Å². The van der Waals surface area contributed by atoms with Crippen LogP contribution in [0.1, 0.15) is 29.3 Å². The van der Waals surface area contributed by atoms with Gasteiger partial charge in [-0.3, -0.25) is 14.2 Å². The van der Waals surface area contributed by atoms with Gasteiger partial charge in [-0.2, -0.15) is 5.26 Å². The molecule has 4 rings (SSSR count). The van der Waals surface area contributed by atoms with Crippen LogP contribution >= 0.6 is 22.7 Å². The van der Waals surface area contributed by atoms with E-state index in [1.165, 1.54) is 20.8 Å². The van der Waals surface area contributed by atoms with E-state index in [-0.39, 0.29) is 17.3 Å². The number of rotatable bonds is 3. The molecule has 1 aromatic carbocycles. The minimum atomic E-state index is -0.279. The molecule has 0 unspecified atom stereocenters. The molecular weight excluding hydrogens is 366 g/mol. The Bertz CT molecular complexity index is 1100. The summed E-state index contributed by atoms with van der Waals surface area (Å²) in [6.45, 7) is 2.16. The summed E-state index contributed by atoms with van der Waals surface area (Å²) in [4.78, 5) is 25.8. The zero-order valence-electron chi connectivity index (χ0n) is 14.2. The summed E-state index contributed by atoms with van der Waals surface area (Å²) in [5, 5.41) is 13.0. The van der Waals surface area contributed by atoms with Crippen LogP contribution in [-0.4, -0.2) is 10.5 Å². The number of anilines is 1. The molecule has 3 aromatic rings. The van der Waals surface area contributed by atoms with Crippen molar-refractivity contribution >= 4 is 43.8 Å². The summed E-state index contributed by atoms with van der Waals surface area (Å²) in [7, 11) is 0. The second-order valence-corrected chi connectivity index (χ2v) is 8.74. The first-order valence-corrected chi connectivity index (χ1v) is 10.1. The normalized spacial score (nSPS) is 16.2. The Morgan fingerprint density at radius 3 is 3.00 bits per heavy atom. The molecule has 1 amide bonds. The first kappa shape index (κ1) is 17.0. The van der Waals surface area contributed by atoms with Crippen LogP contribution in [-0.2, 0) is 24.2 Å². The number of fused-ring (bicyclic) bond motifs is 2. The standard InChI is InChI=1S/C19H17N3O2S2/c1-11-6-7-12-13(9-20)18(25-16(12)8-11)21-17(23)10-22-14-4-2-3-5-15(14)26-19(22)24/h2-5,11H,6-8,10H2,1H3,(H,21,23)/t11-/m1/s1. The largest absolute Gasteiger partial charge is 0.315 e. The molecule has 0 aliphatic heterocycles. The number of carbonyl (C=O) groups excluding carboxylic acids is 1. The lowest BCUT2D eigenvalue weighted by molar-refractivity contribution is -0.116. The van der Waals surface area contributed by atoms with Gasteiger partial charge in [-0.05, 0) is 42.9 Å². The van der Waals surface area contributed by atoms with Crippen molar-refractivity contribution in [1.29, 1.82) is 5.26 Å². The number of carbonyl (C=O) groups is 1. The number of nitrogens with zero attached hydrogens (tertiary/aromatic N) is 2. The van der Waals surface area contributed by atoms with Crippen LogP contribution in [0.3, 0.4) is 0 Å². The van der Waals surface area contributed by atoms with Gasteiger partial charge in [0.05, 0.1) is 15.8 Å². The summed E-state index contributed by atoms with van der Waals surface area (Å²) >= 11 is 2.63. The van der Waals surface area contributed by atoms with Crippen LogP contribution in [0, 0.1) is 17.2 Å². The lowest BCUT2D eigenvalue weighted by atomic mass is 9.89. The van der Waals surface area contributed by atoms with Gasteiger partial charge < -0.3 is 5.32 Å². The number of thiazole rings is 1. The molecule has 0 spiro atoms. The van der Waals surface area contributed by atoms with E-state index in [9.17, 15) is 14.9 Å². The van der Waals surface area contributed by atoms with Crippen molar-refractivity contribution in [2.45, 2.75) is 32.7 Å². The Kier molecular flexibility index (Phi) is 4.39. The highest BCUT2D eigenvalue weighted by atomic mass is 32.1. The number of nitrogens with one attached hydrogen (secondary N) is 1. The fourth-order valence-electron chi connectivity index (χ4n) is 3.43. The third kappa shape index (κ3) is 2.96. The highest BCUT2D eigenvalue weighted by Gasteiger charge is 2.24. The first-order chi connectivity index (χ1) is 12.6. The molecule has 1 aliphatic carbocycles. The molecule has 0 saturated heterocycles. The van der Waals surface area contributed by atoms with Gasteiger partial charge in [0.25, 0.3) is 0 Å². The smallest absolute Gasteiger partial charge is 0.308 e. The van der Waals surface area contributed by atoms with E-state index in [0.717, 1.165) is 46.4 Å².